The molecule has 1 aromatic heterocycles. The van der Waals surface area contributed by atoms with Gasteiger partial charge in [0.15, 0.2) is 0 Å². The highest BCUT2D eigenvalue weighted by Gasteiger charge is 2.16. The van der Waals surface area contributed by atoms with Crippen LogP contribution >= 0.6 is 11.6 Å². The summed E-state index contributed by atoms with van der Waals surface area (Å²) in [5.41, 5.74) is 1.84. The van der Waals surface area contributed by atoms with Crippen LogP contribution < -0.4 is 10.0 Å². The fraction of sp³-hybridized carbons (Fsp3) is 0.100. The topological polar surface area (TPSA) is 88.2 Å². The highest BCUT2D eigenvalue weighted by molar-refractivity contribution is 7.89. The fourth-order valence-electron chi connectivity index (χ4n) is 2.46. The van der Waals surface area contributed by atoms with Crippen LogP contribution in [-0.2, 0) is 23.1 Å². The van der Waals surface area contributed by atoms with Crippen molar-refractivity contribution in [1.29, 1.82) is 0 Å². The number of amides is 1. The second-order valence-electron chi connectivity index (χ2n) is 6.10. The number of carbonyl (C=O) groups is 1. The number of carbonyl (C=O) groups excluding carboxylic acids is 1. The van der Waals surface area contributed by atoms with Gasteiger partial charge in [-0.1, -0.05) is 29.8 Å². The largest absolute Gasteiger partial charge is 0.346 e. The summed E-state index contributed by atoms with van der Waals surface area (Å²) in [5.74, 6) is -0.953. The molecule has 3 aromatic rings. The molecule has 0 bridgehead atoms. The lowest BCUT2D eigenvalue weighted by Gasteiger charge is -2.09. The monoisotopic (exact) mass is 433 g/mol. The Morgan fingerprint density at radius 3 is 2.45 bits per heavy atom. The van der Waals surface area contributed by atoms with E-state index in [1.54, 1.807) is 36.5 Å². The van der Waals surface area contributed by atoms with Crippen LogP contribution in [0.1, 0.15) is 21.6 Å². The quantitative estimate of drug-likeness (QED) is 0.598. The van der Waals surface area contributed by atoms with Crippen LogP contribution in [0.2, 0.25) is 5.02 Å². The predicted molar refractivity (Wildman–Crippen MR) is 107 cm³/mol. The highest BCUT2D eigenvalue weighted by Crippen LogP contribution is 2.19. The van der Waals surface area contributed by atoms with E-state index in [1.165, 1.54) is 0 Å². The van der Waals surface area contributed by atoms with Crippen LogP contribution in [0.5, 0.6) is 0 Å². The molecule has 2 aromatic carbocycles. The van der Waals surface area contributed by atoms with Crippen LogP contribution in [0.4, 0.5) is 4.39 Å². The number of rotatable bonds is 7. The summed E-state index contributed by atoms with van der Waals surface area (Å²) in [5, 5.41) is 2.50. The molecule has 0 aliphatic rings. The zero-order chi connectivity index (χ0) is 20.9. The molecule has 0 atom stereocenters. The number of nitrogens with zero attached hydrogens (tertiary/aromatic N) is 1. The van der Waals surface area contributed by atoms with Gasteiger partial charge in [-0.3, -0.25) is 9.78 Å². The van der Waals surface area contributed by atoms with E-state index in [9.17, 15) is 17.6 Å². The first kappa shape index (κ1) is 20.9. The van der Waals surface area contributed by atoms with Crippen LogP contribution in [0.3, 0.4) is 0 Å². The molecule has 6 nitrogen and oxygen atoms in total. The SMILES string of the molecule is O=C(NCc1ccccn1)c1ccc(CNS(=O)(=O)c2ccc(F)c(Cl)c2)cc1. The molecule has 0 radical (unpaired) electrons. The number of hydrogen-bond acceptors (Lipinski definition) is 4. The van der Waals surface area contributed by atoms with Crippen LogP contribution in [-0.4, -0.2) is 19.3 Å². The molecule has 0 aliphatic carbocycles. The van der Waals surface area contributed by atoms with Crippen molar-refractivity contribution in [1.82, 2.24) is 15.0 Å². The number of pyridine rings is 1. The zero-order valence-electron chi connectivity index (χ0n) is 15.1. The van der Waals surface area contributed by atoms with Crippen LogP contribution in [0.15, 0.2) is 71.8 Å². The van der Waals surface area contributed by atoms with Gasteiger partial charge in [0.05, 0.1) is 22.2 Å². The molecule has 0 saturated carbocycles. The standard InChI is InChI=1S/C20H17ClFN3O3S/c21-18-11-17(8-9-19(18)22)29(27,28)25-12-14-4-6-15(7-5-14)20(26)24-13-16-3-1-2-10-23-16/h1-11,25H,12-13H2,(H,24,26). The molecule has 150 valence electrons. The van der Waals surface area contributed by atoms with E-state index in [1.807, 2.05) is 12.1 Å². The zero-order valence-corrected chi connectivity index (χ0v) is 16.7. The first-order valence-corrected chi connectivity index (χ1v) is 10.4. The summed E-state index contributed by atoms with van der Waals surface area (Å²) in [6.07, 6.45) is 1.65. The Labute approximate surface area is 172 Å². The van der Waals surface area contributed by atoms with E-state index < -0.39 is 15.8 Å². The van der Waals surface area contributed by atoms with E-state index in [2.05, 4.69) is 15.0 Å². The fourth-order valence-corrected chi connectivity index (χ4v) is 3.74. The molecule has 0 aliphatic heterocycles. The molecule has 0 unspecified atom stereocenters. The van der Waals surface area contributed by atoms with Crippen LogP contribution in [0, 0.1) is 5.82 Å². The van der Waals surface area contributed by atoms with Gasteiger partial charge in [-0.15, -0.1) is 0 Å². The van der Waals surface area contributed by atoms with Gasteiger partial charge in [0, 0.05) is 18.3 Å². The van der Waals surface area contributed by atoms with Crippen molar-refractivity contribution in [3.05, 3.63) is 94.5 Å². The molecule has 2 N–H and O–H groups in total. The van der Waals surface area contributed by atoms with Crippen molar-refractivity contribution in [3.8, 4) is 0 Å². The average molecular weight is 434 g/mol. The van der Waals surface area contributed by atoms with E-state index in [4.69, 9.17) is 11.6 Å². The highest BCUT2D eigenvalue weighted by atomic mass is 35.5. The summed E-state index contributed by atoms with van der Waals surface area (Å²) >= 11 is 5.64. The van der Waals surface area contributed by atoms with Crippen molar-refractivity contribution in [2.45, 2.75) is 18.0 Å². The number of sulfonamides is 1. The van der Waals surface area contributed by atoms with Crippen LogP contribution in [0.25, 0.3) is 0 Å². The molecule has 0 fully saturated rings. The lowest BCUT2D eigenvalue weighted by molar-refractivity contribution is 0.0950. The summed E-state index contributed by atoms with van der Waals surface area (Å²) in [6, 6.07) is 15.1. The summed E-state index contributed by atoms with van der Waals surface area (Å²) in [4.78, 5) is 16.2. The summed E-state index contributed by atoms with van der Waals surface area (Å²) in [7, 11) is -3.85. The molecule has 9 heteroatoms. The average Bonchev–Trinajstić information content (AvgIpc) is 2.73. The molecule has 1 heterocycles. The Bertz CT molecular complexity index is 1110. The molecule has 0 spiro atoms. The molecule has 1 amide bonds. The summed E-state index contributed by atoms with van der Waals surface area (Å²) < 4.78 is 40.2. The van der Waals surface area contributed by atoms with Crippen molar-refractivity contribution in [3.63, 3.8) is 0 Å². The van der Waals surface area contributed by atoms with E-state index in [0.29, 0.717) is 17.7 Å². The third-order valence-electron chi connectivity index (χ3n) is 4.04. The lowest BCUT2D eigenvalue weighted by Crippen LogP contribution is -2.24. The third-order valence-corrected chi connectivity index (χ3v) is 5.73. The van der Waals surface area contributed by atoms with Gasteiger partial charge in [0.2, 0.25) is 10.0 Å². The maximum atomic E-state index is 13.2. The van der Waals surface area contributed by atoms with Crippen molar-refractivity contribution < 1.29 is 17.6 Å². The normalized spacial score (nSPS) is 11.2. The Hall–Kier alpha value is -2.81. The van der Waals surface area contributed by atoms with Gasteiger partial charge in [0.1, 0.15) is 5.82 Å². The van der Waals surface area contributed by atoms with E-state index in [-0.39, 0.29) is 22.4 Å². The van der Waals surface area contributed by atoms with Crippen molar-refractivity contribution in [2.24, 2.45) is 0 Å². The minimum absolute atomic E-state index is 0.00711. The smallest absolute Gasteiger partial charge is 0.251 e. The first-order chi connectivity index (χ1) is 13.8. The van der Waals surface area contributed by atoms with Gasteiger partial charge >= 0.3 is 0 Å². The molecular weight excluding hydrogens is 417 g/mol. The number of benzene rings is 2. The Morgan fingerprint density at radius 2 is 1.79 bits per heavy atom. The number of aromatic nitrogens is 1. The van der Waals surface area contributed by atoms with Gasteiger partial charge in [-0.05, 0) is 48.0 Å². The number of halogens is 2. The molecule has 0 saturated heterocycles. The number of hydrogen-bond donors (Lipinski definition) is 2. The van der Waals surface area contributed by atoms with Crippen molar-refractivity contribution in [2.75, 3.05) is 0 Å². The van der Waals surface area contributed by atoms with Gasteiger partial charge in [-0.25, -0.2) is 17.5 Å². The Balaban J connectivity index is 1.58. The summed E-state index contributed by atoms with van der Waals surface area (Å²) in [6.45, 7) is 0.314. The second kappa shape index (κ2) is 9.13. The maximum Gasteiger partial charge on any atom is 0.251 e. The molecule has 3 rings (SSSR count). The predicted octanol–water partition coefficient (Wildman–Crippen LogP) is 3.28. The number of nitrogens with one attached hydrogen (secondary N) is 2. The third kappa shape index (κ3) is 5.60. The maximum absolute atomic E-state index is 13.2. The minimum atomic E-state index is -3.85. The Kier molecular flexibility index (Phi) is 6.58. The van der Waals surface area contributed by atoms with Gasteiger partial charge < -0.3 is 5.32 Å². The molecular formula is C20H17ClFN3O3S. The van der Waals surface area contributed by atoms with E-state index in [0.717, 1.165) is 23.9 Å². The Morgan fingerprint density at radius 1 is 1.03 bits per heavy atom. The van der Waals surface area contributed by atoms with Gasteiger partial charge in [0.25, 0.3) is 5.91 Å². The van der Waals surface area contributed by atoms with Crippen molar-refractivity contribution >= 4 is 27.5 Å². The van der Waals surface area contributed by atoms with Gasteiger partial charge in [-0.2, -0.15) is 0 Å². The first-order valence-electron chi connectivity index (χ1n) is 8.57. The minimum Gasteiger partial charge on any atom is -0.346 e. The molecule has 29 heavy (non-hydrogen) atoms. The lowest BCUT2D eigenvalue weighted by atomic mass is 10.1. The van der Waals surface area contributed by atoms with E-state index >= 15 is 0 Å². The second-order valence-corrected chi connectivity index (χ2v) is 8.28.